The Labute approximate surface area is 120 Å². The molecule has 1 aliphatic rings. The maximum absolute atomic E-state index is 12.1. The minimum atomic E-state index is -0.167. The van der Waals surface area contributed by atoms with Gasteiger partial charge in [0, 0.05) is 11.0 Å². The summed E-state index contributed by atoms with van der Waals surface area (Å²) >= 11 is 3.35. The van der Waals surface area contributed by atoms with E-state index in [1.165, 1.54) is 0 Å². The van der Waals surface area contributed by atoms with Crippen LogP contribution < -0.4 is 10.1 Å². The molecule has 6 heteroatoms. The lowest BCUT2D eigenvalue weighted by Gasteiger charge is -2.23. The Kier molecular flexibility index (Phi) is 5.18. The highest BCUT2D eigenvalue weighted by atomic mass is 79.9. The van der Waals surface area contributed by atoms with Crippen molar-refractivity contribution in [3.05, 3.63) is 28.2 Å². The van der Waals surface area contributed by atoms with Crippen LogP contribution in [0.1, 0.15) is 10.4 Å². The van der Waals surface area contributed by atoms with Crippen LogP contribution in [0.25, 0.3) is 0 Å². The summed E-state index contributed by atoms with van der Waals surface area (Å²) in [4.78, 5) is 12.1. The number of hydrogen-bond acceptors (Lipinski definition) is 4. The highest BCUT2D eigenvalue weighted by Crippen LogP contribution is 2.22. The number of amides is 1. The molecule has 0 aliphatic carbocycles. The second kappa shape index (κ2) is 6.88. The predicted octanol–water partition coefficient (Wildman–Crippen LogP) is 1.60. The molecule has 19 heavy (non-hydrogen) atoms. The van der Waals surface area contributed by atoms with Gasteiger partial charge in [0.1, 0.15) is 5.75 Å². The van der Waals surface area contributed by atoms with Crippen molar-refractivity contribution in [2.75, 3.05) is 33.5 Å². The third kappa shape index (κ3) is 3.92. The van der Waals surface area contributed by atoms with Crippen LogP contribution in [0.3, 0.4) is 0 Å². The van der Waals surface area contributed by atoms with E-state index in [4.69, 9.17) is 14.2 Å². The lowest BCUT2D eigenvalue weighted by molar-refractivity contribution is -0.0855. The first-order valence-corrected chi connectivity index (χ1v) is 6.81. The fourth-order valence-electron chi connectivity index (χ4n) is 1.76. The van der Waals surface area contributed by atoms with E-state index in [2.05, 4.69) is 21.2 Å². The normalized spacial score (nSPS) is 18.9. The standard InChI is InChI=1S/C13H16BrNO4/c1-17-9-2-3-12(14)11(6-9)13(16)15-7-10-8-18-4-5-19-10/h2-3,6,10H,4-5,7-8H2,1H3,(H,15,16). The molecule has 1 fully saturated rings. The maximum atomic E-state index is 12.1. The molecule has 2 rings (SSSR count). The number of rotatable bonds is 4. The van der Waals surface area contributed by atoms with Crippen molar-refractivity contribution in [1.82, 2.24) is 5.32 Å². The van der Waals surface area contributed by atoms with Gasteiger partial charge in [-0.15, -0.1) is 0 Å². The molecule has 1 unspecified atom stereocenters. The molecule has 1 aromatic rings. The number of hydrogen-bond donors (Lipinski definition) is 1. The Morgan fingerprint density at radius 3 is 3.05 bits per heavy atom. The molecule has 1 atom stereocenters. The average molecular weight is 330 g/mol. The lowest BCUT2D eigenvalue weighted by Crippen LogP contribution is -2.39. The van der Waals surface area contributed by atoms with E-state index in [0.717, 1.165) is 4.47 Å². The third-order valence-corrected chi connectivity index (χ3v) is 3.48. The van der Waals surface area contributed by atoms with Crippen LogP contribution in [0.15, 0.2) is 22.7 Å². The summed E-state index contributed by atoms with van der Waals surface area (Å²) in [7, 11) is 1.57. The summed E-state index contributed by atoms with van der Waals surface area (Å²) in [5.74, 6) is 0.477. The molecule has 0 aromatic heterocycles. The summed E-state index contributed by atoms with van der Waals surface area (Å²) in [6, 6.07) is 5.27. The van der Waals surface area contributed by atoms with Crippen molar-refractivity contribution in [3.63, 3.8) is 0 Å². The number of methoxy groups -OCH3 is 1. The van der Waals surface area contributed by atoms with Crippen LogP contribution in [0.2, 0.25) is 0 Å². The molecule has 0 radical (unpaired) electrons. The first kappa shape index (κ1) is 14.3. The van der Waals surface area contributed by atoms with Crippen LogP contribution in [-0.4, -0.2) is 45.5 Å². The molecule has 104 valence electrons. The number of nitrogens with one attached hydrogen (secondary N) is 1. The van der Waals surface area contributed by atoms with Crippen molar-refractivity contribution in [3.8, 4) is 5.75 Å². The van der Waals surface area contributed by atoms with Crippen molar-refractivity contribution < 1.29 is 19.0 Å². The SMILES string of the molecule is COc1ccc(Br)c(C(=O)NCC2COCCO2)c1. The zero-order valence-electron chi connectivity index (χ0n) is 10.6. The quantitative estimate of drug-likeness (QED) is 0.911. The Hall–Kier alpha value is -1.11. The zero-order chi connectivity index (χ0) is 13.7. The molecule has 1 saturated heterocycles. The van der Waals surface area contributed by atoms with Crippen LogP contribution in [-0.2, 0) is 9.47 Å². The minimum absolute atomic E-state index is 0.0814. The van der Waals surface area contributed by atoms with Gasteiger partial charge in [-0.2, -0.15) is 0 Å². The van der Waals surface area contributed by atoms with Gasteiger partial charge >= 0.3 is 0 Å². The van der Waals surface area contributed by atoms with Gasteiger partial charge in [0.05, 0.1) is 38.6 Å². The third-order valence-electron chi connectivity index (χ3n) is 2.79. The van der Waals surface area contributed by atoms with Crippen LogP contribution in [0, 0.1) is 0 Å². The molecule has 0 bridgehead atoms. The van der Waals surface area contributed by atoms with E-state index in [1.54, 1.807) is 25.3 Å². The Balaban J connectivity index is 1.95. The Morgan fingerprint density at radius 2 is 2.37 bits per heavy atom. The van der Waals surface area contributed by atoms with E-state index in [9.17, 15) is 4.79 Å². The number of carbonyl (C=O) groups is 1. The smallest absolute Gasteiger partial charge is 0.252 e. The topological polar surface area (TPSA) is 56.8 Å². The Morgan fingerprint density at radius 1 is 1.53 bits per heavy atom. The van der Waals surface area contributed by atoms with Crippen LogP contribution >= 0.6 is 15.9 Å². The molecular formula is C13H16BrNO4. The van der Waals surface area contributed by atoms with Gasteiger partial charge in [-0.25, -0.2) is 0 Å². The molecule has 0 spiro atoms. The molecule has 1 N–H and O–H groups in total. The maximum Gasteiger partial charge on any atom is 0.252 e. The fourth-order valence-corrected chi connectivity index (χ4v) is 2.19. The van der Waals surface area contributed by atoms with E-state index >= 15 is 0 Å². The number of benzene rings is 1. The minimum Gasteiger partial charge on any atom is -0.497 e. The molecule has 1 heterocycles. The first-order chi connectivity index (χ1) is 9.20. The highest BCUT2D eigenvalue weighted by Gasteiger charge is 2.17. The van der Waals surface area contributed by atoms with E-state index in [1.807, 2.05) is 0 Å². The number of halogens is 1. The van der Waals surface area contributed by atoms with Gasteiger partial charge in [0.15, 0.2) is 0 Å². The fraction of sp³-hybridized carbons (Fsp3) is 0.462. The summed E-state index contributed by atoms with van der Waals surface area (Å²) < 4.78 is 16.6. The van der Waals surface area contributed by atoms with Crippen molar-refractivity contribution in [2.45, 2.75) is 6.10 Å². The summed E-state index contributed by atoms with van der Waals surface area (Å²) in [6.45, 7) is 2.14. The van der Waals surface area contributed by atoms with Gasteiger partial charge < -0.3 is 19.5 Å². The number of carbonyl (C=O) groups excluding carboxylic acids is 1. The molecule has 1 amide bonds. The largest absolute Gasteiger partial charge is 0.497 e. The van der Waals surface area contributed by atoms with Crippen molar-refractivity contribution in [1.29, 1.82) is 0 Å². The highest BCUT2D eigenvalue weighted by molar-refractivity contribution is 9.10. The van der Waals surface area contributed by atoms with Crippen LogP contribution in [0.5, 0.6) is 5.75 Å². The van der Waals surface area contributed by atoms with Gasteiger partial charge in [-0.05, 0) is 34.1 Å². The molecule has 1 aromatic carbocycles. The summed E-state index contributed by atoms with van der Waals surface area (Å²) in [6.07, 6.45) is -0.0814. The molecule has 1 aliphatic heterocycles. The molecular weight excluding hydrogens is 314 g/mol. The molecule has 0 saturated carbocycles. The van der Waals surface area contributed by atoms with E-state index in [0.29, 0.717) is 37.7 Å². The van der Waals surface area contributed by atoms with Gasteiger partial charge in [0.25, 0.3) is 5.91 Å². The number of ether oxygens (including phenoxy) is 3. The Bertz CT molecular complexity index is 446. The van der Waals surface area contributed by atoms with E-state index in [-0.39, 0.29) is 12.0 Å². The summed E-state index contributed by atoms with van der Waals surface area (Å²) in [5, 5.41) is 2.83. The molecule has 5 nitrogen and oxygen atoms in total. The van der Waals surface area contributed by atoms with Crippen molar-refractivity contribution in [2.24, 2.45) is 0 Å². The van der Waals surface area contributed by atoms with E-state index < -0.39 is 0 Å². The summed E-state index contributed by atoms with van der Waals surface area (Å²) in [5.41, 5.74) is 0.538. The monoisotopic (exact) mass is 329 g/mol. The lowest BCUT2D eigenvalue weighted by atomic mass is 10.2. The first-order valence-electron chi connectivity index (χ1n) is 6.02. The zero-order valence-corrected chi connectivity index (χ0v) is 12.2. The predicted molar refractivity (Wildman–Crippen MR) is 73.6 cm³/mol. The van der Waals surface area contributed by atoms with Gasteiger partial charge in [-0.1, -0.05) is 0 Å². The van der Waals surface area contributed by atoms with Gasteiger partial charge in [-0.3, -0.25) is 4.79 Å². The second-order valence-corrected chi connectivity index (χ2v) is 4.98. The van der Waals surface area contributed by atoms with Crippen molar-refractivity contribution >= 4 is 21.8 Å². The van der Waals surface area contributed by atoms with Crippen LogP contribution in [0.4, 0.5) is 0 Å². The second-order valence-electron chi connectivity index (χ2n) is 4.12. The average Bonchev–Trinajstić information content (AvgIpc) is 2.46. The van der Waals surface area contributed by atoms with Gasteiger partial charge in [0.2, 0.25) is 0 Å².